The van der Waals surface area contributed by atoms with Crippen molar-refractivity contribution in [1.82, 2.24) is 9.88 Å². The SMILES string of the molecule is CN(CCOc1cccc(/C(N)=N/O)n1)C1CC1. The number of likely N-dealkylation sites (N-methyl/N-ethyl adjacent to an activating group) is 1. The fraction of sp³-hybridized carbons (Fsp3) is 0.500. The Morgan fingerprint density at radius 2 is 2.39 bits per heavy atom. The van der Waals surface area contributed by atoms with Crippen LogP contribution >= 0.6 is 0 Å². The minimum atomic E-state index is -0.0180. The van der Waals surface area contributed by atoms with Crippen molar-refractivity contribution in [2.75, 3.05) is 20.2 Å². The first-order chi connectivity index (χ1) is 8.70. The van der Waals surface area contributed by atoms with Gasteiger partial charge in [-0.15, -0.1) is 0 Å². The molecule has 0 amide bonds. The first kappa shape index (κ1) is 12.6. The van der Waals surface area contributed by atoms with Crippen molar-refractivity contribution in [3.63, 3.8) is 0 Å². The molecule has 0 bridgehead atoms. The zero-order chi connectivity index (χ0) is 13.0. The number of hydrogen-bond donors (Lipinski definition) is 2. The van der Waals surface area contributed by atoms with Gasteiger partial charge in [0.1, 0.15) is 12.3 Å². The molecule has 2 rings (SSSR count). The first-order valence-electron chi connectivity index (χ1n) is 5.98. The van der Waals surface area contributed by atoms with Crippen LogP contribution in [-0.4, -0.2) is 47.2 Å². The van der Waals surface area contributed by atoms with Crippen molar-refractivity contribution in [3.05, 3.63) is 23.9 Å². The lowest BCUT2D eigenvalue weighted by molar-refractivity contribution is 0.226. The molecule has 6 heteroatoms. The Morgan fingerprint density at radius 1 is 1.61 bits per heavy atom. The van der Waals surface area contributed by atoms with E-state index in [0.29, 0.717) is 18.2 Å². The number of nitrogens with two attached hydrogens (primary N) is 1. The van der Waals surface area contributed by atoms with E-state index < -0.39 is 0 Å². The molecule has 0 unspecified atom stereocenters. The highest BCUT2D eigenvalue weighted by Gasteiger charge is 2.25. The van der Waals surface area contributed by atoms with E-state index in [0.717, 1.165) is 12.6 Å². The third-order valence-electron chi connectivity index (χ3n) is 2.96. The summed E-state index contributed by atoms with van der Waals surface area (Å²) >= 11 is 0. The van der Waals surface area contributed by atoms with Gasteiger partial charge in [0.25, 0.3) is 0 Å². The lowest BCUT2D eigenvalue weighted by atomic mass is 10.3. The molecule has 1 saturated carbocycles. The van der Waals surface area contributed by atoms with Gasteiger partial charge in [0.15, 0.2) is 5.84 Å². The van der Waals surface area contributed by atoms with Crippen molar-refractivity contribution in [2.45, 2.75) is 18.9 Å². The summed E-state index contributed by atoms with van der Waals surface area (Å²) in [6.45, 7) is 1.46. The molecule has 0 atom stereocenters. The summed E-state index contributed by atoms with van der Waals surface area (Å²) in [6.07, 6.45) is 2.57. The van der Waals surface area contributed by atoms with Crippen LogP contribution in [0.15, 0.2) is 23.4 Å². The summed E-state index contributed by atoms with van der Waals surface area (Å²) in [5.41, 5.74) is 5.87. The molecule has 3 N–H and O–H groups in total. The van der Waals surface area contributed by atoms with Gasteiger partial charge < -0.3 is 20.6 Å². The van der Waals surface area contributed by atoms with Crippen molar-refractivity contribution >= 4 is 5.84 Å². The van der Waals surface area contributed by atoms with Gasteiger partial charge in [-0.1, -0.05) is 11.2 Å². The molecule has 6 nitrogen and oxygen atoms in total. The van der Waals surface area contributed by atoms with Gasteiger partial charge in [0.2, 0.25) is 5.88 Å². The van der Waals surface area contributed by atoms with E-state index in [1.165, 1.54) is 12.8 Å². The van der Waals surface area contributed by atoms with Crippen LogP contribution < -0.4 is 10.5 Å². The molecular formula is C12H18N4O2. The van der Waals surface area contributed by atoms with Gasteiger partial charge in [-0.05, 0) is 26.0 Å². The van der Waals surface area contributed by atoms with E-state index in [1.807, 2.05) is 0 Å². The molecular weight excluding hydrogens is 232 g/mol. The molecule has 1 aromatic heterocycles. The summed E-state index contributed by atoms with van der Waals surface area (Å²) in [6, 6.07) is 5.91. The van der Waals surface area contributed by atoms with E-state index in [2.05, 4.69) is 22.1 Å². The number of aromatic nitrogens is 1. The van der Waals surface area contributed by atoms with E-state index in [9.17, 15) is 0 Å². The molecule has 1 aromatic rings. The topological polar surface area (TPSA) is 84.0 Å². The van der Waals surface area contributed by atoms with Crippen LogP contribution in [0, 0.1) is 0 Å². The number of rotatable bonds is 6. The summed E-state index contributed by atoms with van der Waals surface area (Å²) in [4.78, 5) is 6.43. The zero-order valence-corrected chi connectivity index (χ0v) is 10.4. The summed E-state index contributed by atoms with van der Waals surface area (Å²) < 4.78 is 5.54. The average molecular weight is 250 g/mol. The smallest absolute Gasteiger partial charge is 0.213 e. The van der Waals surface area contributed by atoms with Gasteiger partial charge in [0.05, 0.1) is 0 Å². The van der Waals surface area contributed by atoms with Crippen molar-refractivity contribution in [1.29, 1.82) is 0 Å². The number of pyridine rings is 1. The minimum absolute atomic E-state index is 0.0180. The molecule has 1 fully saturated rings. The minimum Gasteiger partial charge on any atom is -0.476 e. The van der Waals surface area contributed by atoms with E-state index in [1.54, 1.807) is 18.2 Å². The highest BCUT2D eigenvalue weighted by Crippen LogP contribution is 2.24. The normalized spacial score (nSPS) is 16.0. The number of nitrogens with zero attached hydrogens (tertiary/aromatic N) is 3. The van der Waals surface area contributed by atoms with E-state index in [4.69, 9.17) is 15.7 Å². The van der Waals surface area contributed by atoms with Gasteiger partial charge in [0, 0.05) is 18.7 Å². The molecule has 0 aliphatic heterocycles. The lowest BCUT2D eigenvalue weighted by Crippen LogP contribution is -2.26. The highest BCUT2D eigenvalue weighted by molar-refractivity contribution is 5.95. The highest BCUT2D eigenvalue weighted by atomic mass is 16.5. The monoisotopic (exact) mass is 250 g/mol. The Kier molecular flexibility index (Phi) is 3.99. The van der Waals surface area contributed by atoms with Gasteiger partial charge in [-0.3, -0.25) is 0 Å². The molecule has 1 aliphatic carbocycles. The molecule has 0 radical (unpaired) electrons. The predicted octanol–water partition coefficient (Wildman–Crippen LogP) is 0.649. The largest absolute Gasteiger partial charge is 0.476 e. The van der Waals surface area contributed by atoms with Crippen molar-refractivity contribution in [2.24, 2.45) is 10.9 Å². The van der Waals surface area contributed by atoms with E-state index in [-0.39, 0.29) is 5.84 Å². The summed E-state index contributed by atoms with van der Waals surface area (Å²) in [5, 5.41) is 11.5. The number of ether oxygens (including phenoxy) is 1. The summed E-state index contributed by atoms with van der Waals surface area (Å²) in [7, 11) is 2.10. The molecule has 0 saturated heterocycles. The van der Waals surface area contributed by atoms with Crippen LogP contribution in [-0.2, 0) is 0 Å². The van der Waals surface area contributed by atoms with Crippen molar-refractivity contribution < 1.29 is 9.94 Å². The Hall–Kier alpha value is -1.82. The van der Waals surface area contributed by atoms with Crippen LogP contribution in [0.5, 0.6) is 5.88 Å². The molecule has 0 aromatic carbocycles. The third-order valence-corrected chi connectivity index (χ3v) is 2.96. The molecule has 98 valence electrons. The zero-order valence-electron chi connectivity index (χ0n) is 10.4. The third kappa shape index (κ3) is 3.33. The first-order valence-corrected chi connectivity index (χ1v) is 5.98. The van der Waals surface area contributed by atoms with Gasteiger partial charge in [-0.2, -0.15) is 0 Å². The Balaban J connectivity index is 1.85. The molecule has 0 spiro atoms. The second kappa shape index (κ2) is 5.68. The van der Waals surface area contributed by atoms with Gasteiger partial charge >= 0.3 is 0 Å². The maximum absolute atomic E-state index is 8.57. The lowest BCUT2D eigenvalue weighted by Gasteiger charge is -2.15. The van der Waals surface area contributed by atoms with Crippen LogP contribution in [0.1, 0.15) is 18.5 Å². The van der Waals surface area contributed by atoms with Crippen LogP contribution in [0.2, 0.25) is 0 Å². The van der Waals surface area contributed by atoms with Gasteiger partial charge in [-0.25, -0.2) is 4.98 Å². The maximum atomic E-state index is 8.57. The molecule has 1 aliphatic rings. The Morgan fingerprint density at radius 3 is 3.06 bits per heavy atom. The predicted molar refractivity (Wildman–Crippen MR) is 67.9 cm³/mol. The standard InChI is InChI=1S/C12H18N4O2/c1-16(9-5-6-9)7-8-18-11-4-2-3-10(14-11)12(13)15-17/h2-4,9,17H,5-8H2,1H3,(H2,13,15). The van der Waals surface area contributed by atoms with Crippen LogP contribution in [0.25, 0.3) is 0 Å². The summed E-state index contributed by atoms with van der Waals surface area (Å²) in [5.74, 6) is 0.471. The van der Waals surface area contributed by atoms with E-state index >= 15 is 0 Å². The van der Waals surface area contributed by atoms with Crippen molar-refractivity contribution in [3.8, 4) is 5.88 Å². The second-order valence-corrected chi connectivity index (χ2v) is 4.41. The van der Waals surface area contributed by atoms with Crippen LogP contribution in [0.3, 0.4) is 0 Å². The van der Waals surface area contributed by atoms with Crippen LogP contribution in [0.4, 0.5) is 0 Å². The molecule has 18 heavy (non-hydrogen) atoms. The quantitative estimate of drug-likeness (QED) is 0.335. The molecule has 1 heterocycles. The number of oxime groups is 1. The number of amidine groups is 1. The fourth-order valence-electron chi connectivity index (χ4n) is 1.68. The fourth-order valence-corrected chi connectivity index (χ4v) is 1.68. The average Bonchev–Trinajstić information content (AvgIpc) is 3.22. The second-order valence-electron chi connectivity index (χ2n) is 4.41. The Labute approximate surface area is 106 Å². The maximum Gasteiger partial charge on any atom is 0.213 e. The Bertz CT molecular complexity index is 432. The number of hydrogen-bond acceptors (Lipinski definition) is 5.